The van der Waals surface area contributed by atoms with E-state index < -0.39 is 5.97 Å². The van der Waals surface area contributed by atoms with Crippen LogP contribution in [-0.4, -0.2) is 25.3 Å². The molecule has 4 nitrogen and oxygen atoms in total. The third kappa shape index (κ3) is 3.75. The van der Waals surface area contributed by atoms with Crippen LogP contribution in [-0.2, 0) is 4.79 Å². The lowest BCUT2D eigenvalue weighted by molar-refractivity contribution is -0.137. The van der Waals surface area contributed by atoms with Gasteiger partial charge in [-0.05, 0) is 40.5 Å². The van der Waals surface area contributed by atoms with Crippen LogP contribution in [0.1, 0.15) is 33.6 Å². The summed E-state index contributed by atoms with van der Waals surface area (Å²) in [6.07, 6.45) is 0.0200. The van der Waals surface area contributed by atoms with Gasteiger partial charge in [0.05, 0.1) is 25.9 Å². The number of carboxylic acid groups (broad SMARTS) is 1. The van der Waals surface area contributed by atoms with Crippen LogP contribution in [0.25, 0.3) is 11.1 Å². The summed E-state index contributed by atoms with van der Waals surface area (Å²) >= 11 is 8.00. The molecular weight excluding hydrogens is 420 g/mol. The molecule has 2 atom stereocenters. The molecule has 0 fully saturated rings. The summed E-state index contributed by atoms with van der Waals surface area (Å²) in [5, 5.41) is 9.83. The first-order valence-electron chi connectivity index (χ1n) is 9.50. The van der Waals surface area contributed by atoms with Gasteiger partial charge in [-0.25, -0.2) is 0 Å². The highest BCUT2D eigenvalue weighted by Crippen LogP contribution is 2.56. The van der Waals surface area contributed by atoms with Crippen LogP contribution in [0.4, 0.5) is 0 Å². The summed E-state index contributed by atoms with van der Waals surface area (Å²) in [6, 6.07) is 19.6. The second-order valence-corrected chi connectivity index (χ2v) is 8.75. The summed E-state index contributed by atoms with van der Waals surface area (Å²) in [7, 11) is 3.22. The van der Waals surface area contributed by atoms with E-state index in [-0.39, 0.29) is 16.9 Å². The van der Waals surface area contributed by atoms with Gasteiger partial charge in [0, 0.05) is 15.8 Å². The fraction of sp³-hybridized carbons (Fsp3) is 0.208. The largest absolute Gasteiger partial charge is 0.493 e. The molecule has 30 heavy (non-hydrogen) atoms. The Hall–Kier alpha value is -2.63. The molecule has 0 aromatic heterocycles. The Labute approximate surface area is 184 Å². The number of methoxy groups -OCH3 is 2. The van der Waals surface area contributed by atoms with E-state index in [4.69, 9.17) is 21.1 Å². The third-order valence-corrected chi connectivity index (χ3v) is 7.03. The SMILES string of the molecule is COc1cccc([C@@H]2SC(CC(=O)O)c3ccccc3-c3ccc(Cl)cc32)c1OC. The Kier molecular flexibility index (Phi) is 5.93. The number of aliphatic carboxylic acids is 1. The van der Waals surface area contributed by atoms with Gasteiger partial charge in [-0.2, -0.15) is 0 Å². The first kappa shape index (κ1) is 20.6. The van der Waals surface area contributed by atoms with Crippen molar-refractivity contribution in [1.29, 1.82) is 0 Å². The smallest absolute Gasteiger partial charge is 0.304 e. The van der Waals surface area contributed by atoms with E-state index in [1.165, 1.54) is 0 Å². The van der Waals surface area contributed by atoms with Crippen LogP contribution >= 0.6 is 23.4 Å². The molecule has 1 N–H and O–H groups in total. The van der Waals surface area contributed by atoms with Gasteiger partial charge in [0.2, 0.25) is 0 Å². The molecule has 1 unspecified atom stereocenters. The third-order valence-electron chi connectivity index (χ3n) is 5.27. The molecule has 154 valence electrons. The lowest BCUT2D eigenvalue weighted by Crippen LogP contribution is -2.07. The maximum Gasteiger partial charge on any atom is 0.304 e. The zero-order valence-corrected chi connectivity index (χ0v) is 18.2. The van der Waals surface area contributed by atoms with Crippen molar-refractivity contribution in [3.63, 3.8) is 0 Å². The molecule has 0 spiro atoms. The standard InChI is InChI=1S/C24H21ClO4S/c1-28-20-9-5-8-18(23(20)29-2)24-19-12-14(25)10-11-16(19)15-6-3-4-7-17(15)21(30-24)13-22(26)27/h3-12,21,24H,13H2,1-2H3,(H,26,27)/t21?,24-/m0/s1. The second-order valence-electron chi connectivity index (χ2n) is 7.00. The fourth-order valence-corrected chi connectivity index (χ4v) is 5.78. The summed E-state index contributed by atoms with van der Waals surface area (Å²) in [4.78, 5) is 11.7. The molecule has 0 radical (unpaired) electrons. The van der Waals surface area contributed by atoms with Crippen LogP contribution in [0.15, 0.2) is 60.7 Å². The number of thioether (sulfide) groups is 1. The van der Waals surface area contributed by atoms with Crippen LogP contribution < -0.4 is 9.47 Å². The monoisotopic (exact) mass is 440 g/mol. The van der Waals surface area contributed by atoms with Gasteiger partial charge in [-0.15, -0.1) is 11.8 Å². The summed E-state index contributed by atoms with van der Waals surface area (Å²) in [5.41, 5.74) is 5.04. The normalized spacial score (nSPS) is 17.4. The minimum atomic E-state index is -0.831. The number of fused-ring (bicyclic) bond motifs is 3. The first-order valence-corrected chi connectivity index (χ1v) is 10.8. The number of ether oxygens (including phenoxy) is 2. The molecular formula is C24H21ClO4S. The van der Waals surface area contributed by atoms with Gasteiger partial charge in [-0.1, -0.05) is 54.1 Å². The Balaban J connectivity index is 1.98. The molecule has 1 aliphatic rings. The molecule has 0 saturated carbocycles. The zero-order valence-electron chi connectivity index (χ0n) is 16.6. The van der Waals surface area contributed by atoms with Gasteiger partial charge < -0.3 is 14.6 Å². The number of halogens is 1. The van der Waals surface area contributed by atoms with Crippen molar-refractivity contribution in [2.24, 2.45) is 0 Å². The molecule has 0 saturated heterocycles. The Bertz CT molecular complexity index is 1100. The highest BCUT2D eigenvalue weighted by atomic mass is 35.5. The number of hydrogen-bond acceptors (Lipinski definition) is 4. The molecule has 0 bridgehead atoms. The van der Waals surface area contributed by atoms with Crippen molar-refractivity contribution >= 4 is 29.3 Å². The number of hydrogen-bond donors (Lipinski definition) is 1. The average Bonchev–Trinajstić information content (AvgIpc) is 2.87. The quantitative estimate of drug-likeness (QED) is 0.499. The second kappa shape index (κ2) is 8.62. The molecule has 1 aliphatic heterocycles. The van der Waals surface area contributed by atoms with Crippen molar-refractivity contribution in [2.75, 3.05) is 14.2 Å². The van der Waals surface area contributed by atoms with E-state index in [9.17, 15) is 9.90 Å². The fourth-order valence-electron chi connectivity index (χ4n) is 4.01. The molecule has 0 amide bonds. The van der Waals surface area contributed by atoms with Crippen molar-refractivity contribution in [1.82, 2.24) is 0 Å². The Morgan fingerprint density at radius 3 is 2.43 bits per heavy atom. The molecule has 4 rings (SSSR count). The summed E-state index contributed by atoms with van der Waals surface area (Å²) in [5.74, 6) is 0.446. The van der Waals surface area contributed by atoms with Crippen molar-refractivity contribution in [3.05, 3.63) is 82.4 Å². The van der Waals surface area contributed by atoms with Gasteiger partial charge in [-0.3, -0.25) is 4.79 Å². The predicted octanol–water partition coefficient (Wildman–Crippen LogP) is 6.38. The summed E-state index contributed by atoms with van der Waals surface area (Å²) in [6.45, 7) is 0. The van der Waals surface area contributed by atoms with Crippen molar-refractivity contribution in [2.45, 2.75) is 16.9 Å². The Morgan fingerprint density at radius 1 is 0.967 bits per heavy atom. The van der Waals surface area contributed by atoms with Gasteiger partial charge >= 0.3 is 5.97 Å². The molecule has 0 aliphatic carbocycles. The van der Waals surface area contributed by atoms with E-state index in [1.54, 1.807) is 26.0 Å². The predicted molar refractivity (Wildman–Crippen MR) is 121 cm³/mol. The highest BCUT2D eigenvalue weighted by molar-refractivity contribution is 8.00. The first-order chi connectivity index (χ1) is 14.5. The average molecular weight is 441 g/mol. The lowest BCUT2D eigenvalue weighted by Gasteiger charge is -2.24. The van der Waals surface area contributed by atoms with E-state index in [0.717, 1.165) is 27.8 Å². The lowest BCUT2D eigenvalue weighted by atomic mass is 9.90. The summed E-state index contributed by atoms with van der Waals surface area (Å²) < 4.78 is 11.2. The zero-order chi connectivity index (χ0) is 21.3. The van der Waals surface area contributed by atoms with Crippen LogP contribution in [0, 0.1) is 0 Å². The number of para-hydroxylation sites is 1. The number of carbonyl (C=O) groups is 1. The van der Waals surface area contributed by atoms with E-state index in [1.807, 2.05) is 60.7 Å². The maximum absolute atomic E-state index is 11.7. The van der Waals surface area contributed by atoms with Crippen LogP contribution in [0.3, 0.4) is 0 Å². The maximum atomic E-state index is 11.7. The van der Waals surface area contributed by atoms with E-state index in [0.29, 0.717) is 16.5 Å². The number of benzene rings is 3. The molecule has 3 aromatic rings. The van der Waals surface area contributed by atoms with Crippen LogP contribution in [0.2, 0.25) is 5.02 Å². The number of rotatable bonds is 5. The molecule has 6 heteroatoms. The van der Waals surface area contributed by atoms with Crippen molar-refractivity contribution < 1.29 is 19.4 Å². The van der Waals surface area contributed by atoms with Gasteiger partial charge in [0.15, 0.2) is 11.5 Å². The van der Waals surface area contributed by atoms with Gasteiger partial charge in [0.25, 0.3) is 0 Å². The van der Waals surface area contributed by atoms with E-state index >= 15 is 0 Å². The van der Waals surface area contributed by atoms with E-state index in [2.05, 4.69) is 0 Å². The minimum absolute atomic E-state index is 0.0200. The highest BCUT2D eigenvalue weighted by Gasteiger charge is 2.33. The van der Waals surface area contributed by atoms with Crippen molar-refractivity contribution in [3.8, 4) is 22.6 Å². The minimum Gasteiger partial charge on any atom is -0.493 e. The van der Waals surface area contributed by atoms with Crippen LogP contribution in [0.5, 0.6) is 11.5 Å². The molecule has 3 aromatic carbocycles. The Morgan fingerprint density at radius 2 is 1.70 bits per heavy atom. The van der Waals surface area contributed by atoms with Gasteiger partial charge in [0.1, 0.15) is 0 Å². The number of carboxylic acids is 1. The molecule has 1 heterocycles. The topological polar surface area (TPSA) is 55.8 Å².